The first-order chi connectivity index (χ1) is 24.3. The number of nitrogens with zero attached hydrogens (tertiary/aromatic N) is 1. The van der Waals surface area contributed by atoms with Gasteiger partial charge in [0.25, 0.3) is 0 Å². The number of anilines is 3. The van der Waals surface area contributed by atoms with Gasteiger partial charge in [-0.1, -0.05) is 121 Å². The summed E-state index contributed by atoms with van der Waals surface area (Å²) in [5.74, 6) is 0. The Morgan fingerprint density at radius 3 is 1.86 bits per heavy atom. The van der Waals surface area contributed by atoms with Crippen LogP contribution in [-0.4, -0.2) is 0 Å². The molecule has 3 heteroatoms. The molecule has 0 spiro atoms. The van der Waals surface area contributed by atoms with Gasteiger partial charge in [0.05, 0.1) is 0 Å². The van der Waals surface area contributed by atoms with Gasteiger partial charge in [-0.25, -0.2) is 0 Å². The van der Waals surface area contributed by atoms with Crippen molar-refractivity contribution in [3.63, 3.8) is 0 Å². The zero-order valence-corrected chi connectivity index (χ0v) is 27.3. The van der Waals surface area contributed by atoms with Gasteiger partial charge in [0, 0.05) is 59.6 Å². The average Bonchev–Trinajstić information content (AvgIpc) is 3.73. The summed E-state index contributed by atoms with van der Waals surface area (Å²) in [6, 6.07) is 62.9. The quantitative estimate of drug-likeness (QED) is 0.186. The molecule has 0 bridgehead atoms. The van der Waals surface area contributed by atoms with Crippen LogP contribution in [0.5, 0.6) is 0 Å². The molecule has 0 aliphatic carbocycles. The summed E-state index contributed by atoms with van der Waals surface area (Å²) in [6.45, 7) is 0. The number of thiophene rings is 1. The smallest absolute Gasteiger partial charge is 0.143 e. The number of hydrogen-bond donors (Lipinski definition) is 0. The van der Waals surface area contributed by atoms with Crippen molar-refractivity contribution in [1.82, 2.24) is 0 Å². The lowest BCUT2D eigenvalue weighted by atomic mass is 9.93. The van der Waals surface area contributed by atoms with Gasteiger partial charge in [0.15, 0.2) is 0 Å². The van der Waals surface area contributed by atoms with Crippen LogP contribution in [0.15, 0.2) is 180 Å². The van der Waals surface area contributed by atoms with Gasteiger partial charge >= 0.3 is 0 Å². The molecule has 0 unspecified atom stereocenters. The largest absolute Gasteiger partial charge is 0.455 e. The second-order valence-electron chi connectivity index (χ2n) is 12.5. The van der Waals surface area contributed by atoms with E-state index in [1.165, 1.54) is 42.1 Å². The number of para-hydroxylation sites is 2. The number of benzene rings is 8. The molecule has 2 aromatic heterocycles. The maximum absolute atomic E-state index is 6.89. The molecule has 49 heavy (non-hydrogen) atoms. The summed E-state index contributed by atoms with van der Waals surface area (Å²) < 4.78 is 9.54. The summed E-state index contributed by atoms with van der Waals surface area (Å²) in [5, 5.41) is 7.26. The molecule has 8 aromatic carbocycles. The van der Waals surface area contributed by atoms with Gasteiger partial charge in [-0.15, -0.1) is 11.3 Å². The predicted molar refractivity (Wildman–Crippen MR) is 210 cm³/mol. The second kappa shape index (κ2) is 11.2. The summed E-state index contributed by atoms with van der Waals surface area (Å²) in [4.78, 5) is 2.28. The zero-order valence-electron chi connectivity index (χ0n) is 26.5. The summed E-state index contributed by atoms with van der Waals surface area (Å²) >= 11 is 1.87. The Morgan fingerprint density at radius 2 is 1.08 bits per heavy atom. The van der Waals surface area contributed by atoms with Crippen LogP contribution in [0.4, 0.5) is 17.1 Å². The first-order valence-corrected chi connectivity index (χ1v) is 17.4. The van der Waals surface area contributed by atoms with Crippen LogP contribution < -0.4 is 4.90 Å². The molecule has 0 N–H and O–H groups in total. The Hall–Kier alpha value is -6.16. The molecule has 0 fully saturated rings. The van der Waals surface area contributed by atoms with E-state index >= 15 is 0 Å². The Bertz CT molecular complexity index is 2770. The van der Waals surface area contributed by atoms with Crippen molar-refractivity contribution in [2.24, 2.45) is 0 Å². The minimum Gasteiger partial charge on any atom is -0.455 e. The van der Waals surface area contributed by atoms with E-state index < -0.39 is 0 Å². The lowest BCUT2D eigenvalue weighted by Crippen LogP contribution is -2.09. The molecule has 10 aromatic rings. The third-order valence-corrected chi connectivity index (χ3v) is 10.9. The van der Waals surface area contributed by atoms with E-state index in [9.17, 15) is 0 Å². The van der Waals surface area contributed by atoms with Crippen molar-refractivity contribution in [3.05, 3.63) is 176 Å². The van der Waals surface area contributed by atoms with Crippen LogP contribution in [-0.2, 0) is 0 Å². The third kappa shape index (κ3) is 4.55. The lowest BCUT2D eigenvalue weighted by Gasteiger charge is -2.25. The Morgan fingerprint density at radius 1 is 0.429 bits per heavy atom. The van der Waals surface area contributed by atoms with Crippen molar-refractivity contribution in [2.75, 3.05) is 4.90 Å². The Labute approximate surface area is 287 Å². The van der Waals surface area contributed by atoms with Crippen LogP contribution in [0.2, 0.25) is 0 Å². The average molecular weight is 644 g/mol. The van der Waals surface area contributed by atoms with Crippen LogP contribution in [0.3, 0.4) is 0 Å². The maximum Gasteiger partial charge on any atom is 0.143 e. The molecule has 0 atom stereocenters. The van der Waals surface area contributed by atoms with Crippen molar-refractivity contribution < 1.29 is 4.42 Å². The van der Waals surface area contributed by atoms with Gasteiger partial charge in [0.2, 0.25) is 0 Å². The molecule has 0 aliphatic rings. The topological polar surface area (TPSA) is 16.4 Å². The Balaban J connectivity index is 1.14. The first-order valence-electron chi connectivity index (χ1n) is 16.6. The monoisotopic (exact) mass is 643 g/mol. The fourth-order valence-electron chi connectivity index (χ4n) is 7.38. The number of fused-ring (bicyclic) bond motifs is 7. The zero-order chi connectivity index (χ0) is 32.3. The minimum absolute atomic E-state index is 0.869. The summed E-state index contributed by atoms with van der Waals surface area (Å²) in [6.07, 6.45) is 0. The van der Waals surface area contributed by atoms with Crippen LogP contribution >= 0.6 is 11.3 Å². The van der Waals surface area contributed by atoms with Crippen molar-refractivity contribution in [2.45, 2.75) is 0 Å². The molecular weight excluding hydrogens is 615 g/mol. The number of furan rings is 1. The fraction of sp³-hybridized carbons (Fsp3) is 0. The van der Waals surface area contributed by atoms with Crippen molar-refractivity contribution in [3.8, 4) is 22.3 Å². The van der Waals surface area contributed by atoms with Crippen molar-refractivity contribution >= 4 is 81.3 Å². The molecule has 0 amide bonds. The van der Waals surface area contributed by atoms with E-state index in [0.717, 1.165) is 50.1 Å². The molecule has 230 valence electrons. The van der Waals surface area contributed by atoms with Gasteiger partial charge in [-0.05, 0) is 76.0 Å². The van der Waals surface area contributed by atoms with Gasteiger partial charge in [-0.3, -0.25) is 0 Å². The SMILES string of the molecule is c1ccc(N(c2ccccc2)c2ccc3c(c2)oc2c(-c4ccc(-c5cccc6c5sc5ccccc56)cc4)c4ccccc4cc23)cc1. The first kappa shape index (κ1) is 27.9. The highest BCUT2D eigenvalue weighted by molar-refractivity contribution is 7.26. The van der Waals surface area contributed by atoms with Gasteiger partial charge in [0.1, 0.15) is 11.2 Å². The van der Waals surface area contributed by atoms with Gasteiger partial charge < -0.3 is 9.32 Å². The highest BCUT2D eigenvalue weighted by atomic mass is 32.1. The molecule has 2 nitrogen and oxygen atoms in total. The molecular formula is C46H29NOS. The van der Waals surface area contributed by atoms with E-state index in [1.54, 1.807) is 0 Å². The van der Waals surface area contributed by atoms with Crippen molar-refractivity contribution in [1.29, 1.82) is 0 Å². The van der Waals surface area contributed by atoms with Crippen LogP contribution in [0.1, 0.15) is 0 Å². The lowest BCUT2D eigenvalue weighted by molar-refractivity contribution is 0.670. The third-order valence-electron chi connectivity index (χ3n) is 9.64. The molecule has 0 aliphatic heterocycles. The normalized spacial score (nSPS) is 11.7. The van der Waals surface area contributed by atoms with E-state index in [0.29, 0.717) is 0 Å². The summed E-state index contributed by atoms with van der Waals surface area (Å²) in [5.41, 5.74) is 9.78. The molecule has 0 radical (unpaired) electrons. The predicted octanol–water partition coefficient (Wildman–Crippen LogP) is 13.9. The number of hydrogen-bond acceptors (Lipinski definition) is 3. The van der Waals surface area contributed by atoms with Crippen LogP contribution in [0.25, 0.3) is 75.1 Å². The highest BCUT2D eigenvalue weighted by Gasteiger charge is 2.19. The van der Waals surface area contributed by atoms with E-state index in [2.05, 4.69) is 181 Å². The van der Waals surface area contributed by atoms with Gasteiger partial charge in [-0.2, -0.15) is 0 Å². The maximum atomic E-state index is 6.89. The molecule has 0 saturated heterocycles. The summed E-state index contributed by atoms with van der Waals surface area (Å²) in [7, 11) is 0. The standard InChI is InChI=1S/C46H29NOS/c1-3-13-33(14-4-1)47(34-15-5-2-6-16-34)35-26-27-38-41-28-32-12-7-8-17-36(32)44(45(41)48-42(38)29-35)31-24-22-30(23-25-31)37-19-11-20-40-39-18-9-10-21-43(39)49-46(37)40/h1-29H. The minimum atomic E-state index is 0.869. The second-order valence-corrected chi connectivity index (χ2v) is 13.5. The molecule has 10 rings (SSSR count). The molecule has 0 saturated carbocycles. The number of rotatable bonds is 5. The van der Waals surface area contributed by atoms with Crippen LogP contribution in [0, 0.1) is 0 Å². The molecule has 2 heterocycles. The van der Waals surface area contributed by atoms with E-state index in [-0.39, 0.29) is 0 Å². The van der Waals surface area contributed by atoms with E-state index in [1.807, 2.05) is 11.3 Å². The highest BCUT2D eigenvalue weighted by Crippen LogP contribution is 2.45. The van der Waals surface area contributed by atoms with E-state index in [4.69, 9.17) is 4.42 Å². The fourth-order valence-corrected chi connectivity index (χ4v) is 8.62. The Kier molecular flexibility index (Phi) is 6.39.